The fourth-order valence-electron chi connectivity index (χ4n) is 3.29. The second kappa shape index (κ2) is 8.54. The maximum atomic E-state index is 12.6. The first-order valence-electron chi connectivity index (χ1n) is 9.34. The van der Waals surface area contributed by atoms with E-state index in [9.17, 15) is 4.79 Å². The van der Waals surface area contributed by atoms with Crippen molar-refractivity contribution < 1.29 is 9.21 Å². The van der Waals surface area contributed by atoms with Gasteiger partial charge >= 0.3 is 0 Å². The van der Waals surface area contributed by atoms with Crippen LogP contribution < -0.4 is 0 Å². The number of benzene rings is 2. The van der Waals surface area contributed by atoms with Crippen LogP contribution in [0.4, 0.5) is 0 Å². The second-order valence-corrected chi connectivity index (χ2v) is 7.14. The van der Waals surface area contributed by atoms with Crippen molar-refractivity contribution in [1.82, 2.24) is 20.0 Å². The van der Waals surface area contributed by atoms with Crippen molar-refractivity contribution in [2.75, 3.05) is 32.7 Å². The third-order valence-corrected chi connectivity index (χ3v) is 5.22. The maximum Gasteiger partial charge on any atom is 0.255 e. The monoisotopic (exact) mass is 396 g/mol. The second-order valence-electron chi connectivity index (χ2n) is 6.73. The summed E-state index contributed by atoms with van der Waals surface area (Å²) in [6.45, 7) is 3.82. The molecule has 1 aliphatic rings. The first kappa shape index (κ1) is 18.7. The molecule has 7 heteroatoms. The zero-order chi connectivity index (χ0) is 19.3. The number of hydrogen-bond donors (Lipinski definition) is 0. The highest BCUT2D eigenvalue weighted by atomic mass is 35.5. The highest BCUT2D eigenvalue weighted by Crippen LogP contribution is 2.19. The molecule has 1 amide bonds. The Bertz CT molecular complexity index is 936. The number of halogens is 1. The molecule has 1 aromatic heterocycles. The molecule has 0 bridgehead atoms. The lowest BCUT2D eigenvalue weighted by molar-refractivity contribution is 0.0636. The van der Waals surface area contributed by atoms with E-state index in [0.717, 1.165) is 25.2 Å². The molecular formula is C21H21ClN4O2. The van der Waals surface area contributed by atoms with Gasteiger partial charge in [-0.2, -0.15) is 0 Å². The van der Waals surface area contributed by atoms with Crippen LogP contribution in [0.1, 0.15) is 16.2 Å². The van der Waals surface area contributed by atoms with Crippen molar-refractivity contribution in [1.29, 1.82) is 0 Å². The molecule has 1 fully saturated rings. The minimum absolute atomic E-state index is 0.00495. The first-order chi connectivity index (χ1) is 13.7. The summed E-state index contributed by atoms with van der Waals surface area (Å²) < 4.78 is 5.76. The molecule has 0 aliphatic carbocycles. The van der Waals surface area contributed by atoms with E-state index in [1.165, 1.54) is 0 Å². The van der Waals surface area contributed by atoms with E-state index in [4.69, 9.17) is 16.0 Å². The number of nitrogens with zero attached hydrogens (tertiary/aromatic N) is 4. The lowest BCUT2D eigenvalue weighted by Crippen LogP contribution is -2.49. The standard InChI is InChI=1S/C21H21ClN4O2/c22-18-9-5-4-8-17(18)21(27)26-14-12-25(13-15-26)11-10-19-23-24-20(28-19)16-6-2-1-3-7-16/h1-9H,10-15H2. The topological polar surface area (TPSA) is 62.5 Å². The Morgan fingerprint density at radius 1 is 0.964 bits per heavy atom. The third kappa shape index (κ3) is 4.24. The van der Waals surface area contributed by atoms with E-state index in [1.807, 2.05) is 47.4 Å². The number of rotatable bonds is 5. The summed E-state index contributed by atoms with van der Waals surface area (Å²) in [5, 5.41) is 8.77. The van der Waals surface area contributed by atoms with Gasteiger partial charge in [-0.1, -0.05) is 41.9 Å². The van der Waals surface area contributed by atoms with Crippen LogP contribution >= 0.6 is 11.6 Å². The zero-order valence-corrected chi connectivity index (χ0v) is 16.2. The lowest BCUT2D eigenvalue weighted by atomic mass is 10.2. The Morgan fingerprint density at radius 2 is 1.68 bits per heavy atom. The van der Waals surface area contributed by atoms with Crippen LogP contribution in [0, 0.1) is 0 Å². The summed E-state index contributed by atoms with van der Waals surface area (Å²) in [6.07, 6.45) is 0.693. The van der Waals surface area contributed by atoms with E-state index in [1.54, 1.807) is 12.1 Å². The molecule has 28 heavy (non-hydrogen) atoms. The van der Waals surface area contributed by atoms with Crippen molar-refractivity contribution >= 4 is 17.5 Å². The number of aromatic nitrogens is 2. The zero-order valence-electron chi connectivity index (χ0n) is 15.4. The van der Waals surface area contributed by atoms with Gasteiger partial charge in [0.15, 0.2) is 0 Å². The summed E-state index contributed by atoms with van der Waals surface area (Å²) in [5.41, 5.74) is 1.49. The summed E-state index contributed by atoms with van der Waals surface area (Å²) in [7, 11) is 0. The highest BCUT2D eigenvalue weighted by molar-refractivity contribution is 6.33. The Kier molecular flexibility index (Phi) is 5.69. The van der Waals surface area contributed by atoms with Crippen molar-refractivity contribution in [2.24, 2.45) is 0 Å². The predicted molar refractivity (Wildman–Crippen MR) is 107 cm³/mol. The number of carbonyl (C=O) groups excluding carboxylic acids is 1. The van der Waals surface area contributed by atoms with Gasteiger partial charge in [0, 0.05) is 44.7 Å². The molecule has 144 valence electrons. The van der Waals surface area contributed by atoms with Crippen molar-refractivity contribution in [2.45, 2.75) is 6.42 Å². The minimum atomic E-state index is -0.00495. The smallest absolute Gasteiger partial charge is 0.255 e. The van der Waals surface area contributed by atoms with Gasteiger partial charge in [0.2, 0.25) is 11.8 Å². The molecule has 6 nitrogen and oxygen atoms in total. The molecule has 2 aromatic carbocycles. The van der Waals surface area contributed by atoms with E-state index < -0.39 is 0 Å². The Balaban J connectivity index is 1.28. The number of carbonyl (C=O) groups is 1. The summed E-state index contributed by atoms with van der Waals surface area (Å²) in [6, 6.07) is 16.9. The normalized spacial score (nSPS) is 15.0. The maximum absolute atomic E-state index is 12.6. The van der Waals surface area contributed by atoms with Crippen molar-refractivity contribution in [3.63, 3.8) is 0 Å². The van der Waals surface area contributed by atoms with Crippen LogP contribution in [-0.4, -0.2) is 58.6 Å². The average molecular weight is 397 g/mol. The molecule has 0 saturated carbocycles. The number of piperazine rings is 1. The van der Waals surface area contributed by atoms with Gasteiger partial charge in [0.25, 0.3) is 5.91 Å². The molecule has 3 aromatic rings. The Hall–Kier alpha value is -2.70. The van der Waals surface area contributed by atoms with E-state index in [2.05, 4.69) is 15.1 Å². The van der Waals surface area contributed by atoms with Crippen LogP contribution in [0.2, 0.25) is 5.02 Å². The van der Waals surface area contributed by atoms with Gasteiger partial charge in [-0.15, -0.1) is 10.2 Å². The molecule has 0 unspecified atom stereocenters. The fourth-order valence-corrected chi connectivity index (χ4v) is 3.50. The summed E-state index contributed by atoms with van der Waals surface area (Å²) >= 11 is 6.15. The molecule has 0 N–H and O–H groups in total. The van der Waals surface area contributed by atoms with Crippen molar-refractivity contribution in [3.05, 3.63) is 71.1 Å². The molecule has 2 heterocycles. The predicted octanol–water partition coefficient (Wildman–Crippen LogP) is 3.39. The Labute approximate surface area is 168 Å². The summed E-state index contributed by atoms with van der Waals surface area (Å²) in [4.78, 5) is 16.8. The molecule has 0 radical (unpaired) electrons. The van der Waals surface area contributed by atoms with Crippen molar-refractivity contribution in [3.8, 4) is 11.5 Å². The van der Waals surface area contributed by atoms with Crippen LogP contribution in [0.3, 0.4) is 0 Å². The van der Waals surface area contributed by atoms with Gasteiger partial charge in [0.05, 0.1) is 10.6 Å². The van der Waals surface area contributed by atoms with Crippen LogP contribution in [0.25, 0.3) is 11.5 Å². The highest BCUT2D eigenvalue weighted by Gasteiger charge is 2.23. The van der Waals surface area contributed by atoms with Crippen LogP contribution in [-0.2, 0) is 6.42 Å². The van der Waals surface area contributed by atoms with Gasteiger partial charge in [-0.05, 0) is 24.3 Å². The molecule has 1 saturated heterocycles. The fraction of sp³-hybridized carbons (Fsp3) is 0.286. The van der Waals surface area contributed by atoms with Crippen LogP contribution in [0.15, 0.2) is 59.0 Å². The largest absolute Gasteiger partial charge is 0.421 e. The minimum Gasteiger partial charge on any atom is -0.421 e. The molecule has 4 rings (SSSR count). The number of amides is 1. The lowest BCUT2D eigenvalue weighted by Gasteiger charge is -2.34. The molecule has 0 spiro atoms. The van der Waals surface area contributed by atoms with E-state index >= 15 is 0 Å². The van der Waals surface area contributed by atoms with E-state index in [0.29, 0.717) is 41.9 Å². The molecule has 1 aliphatic heterocycles. The van der Waals surface area contributed by atoms with Gasteiger partial charge in [0.1, 0.15) is 0 Å². The number of hydrogen-bond acceptors (Lipinski definition) is 5. The average Bonchev–Trinajstić information content (AvgIpc) is 3.22. The SMILES string of the molecule is O=C(c1ccccc1Cl)N1CCN(CCc2nnc(-c3ccccc3)o2)CC1. The van der Waals surface area contributed by atoms with Gasteiger partial charge < -0.3 is 9.32 Å². The quantitative estimate of drug-likeness (QED) is 0.661. The Morgan fingerprint density at radius 3 is 2.43 bits per heavy atom. The van der Waals surface area contributed by atoms with E-state index in [-0.39, 0.29) is 5.91 Å². The third-order valence-electron chi connectivity index (χ3n) is 4.89. The van der Waals surface area contributed by atoms with Gasteiger partial charge in [-0.3, -0.25) is 9.69 Å². The van der Waals surface area contributed by atoms with Crippen LogP contribution in [0.5, 0.6) is 0 Å². The molecule has 0 atom stereocenters. The summed E-state index contributed by atoms with van der Waals surface area (Å²) in [5.74, 6) is 1.17. The molecular weight excluding hydrogens is 376 g/mol. The first-order valence-corrected chi connectivity index (χ1v) is 9.72. The van der Waals surface area contributed by atoms with Gasteiger partial charge in [-0.25, -0.2) is 0 Å².